The van der Waals surface area contributed by atoms with Gasteiger partial charge in [-0.2, -0.15) is 0 Å². The molecule has 4 amide bonds. The number of nitrogens with one attached hydrogen (secondary N) is 3. The Hall–Kier alpha value is -3.65. The summed E-state index contributed by atoms with van der Waals surface area (Å²) >= 11 is 6.10. The van der Waals surface area contributed by atoms with Crippen molar-refractivity contribution in [3.8, 4) is 0 Å². The SMILES string of the molecule is NC(=O)c1cccc(NC(=O)CNC(=O)Nc2ccc(Cl)c3ncccc23)c1. The Balaban J connectivity index is 1.59. The summed E-state index contributed by atoms with van der Waals surface area (Å²) in [5.41, 5.74) is 6.95. The van der Waals surface area contributed by atoms with Crippen molar-refractivity contribution >= 4 is 51.7 Å². The third kappa shape index (κ3) is 4.54. The Bertz CT molecular complexity index is 1070. The fraction of sp³-hybridized carbons (Fsp3) is 0.0526. The summed E-state index contributed by atoms with van der Waals surface area (Å²) in [7, 11) is 0. The number of fused-ring (bicyclic) bond motifs is 1. The lowest BCUT2D eigenvalue weighted by atomic mass is 10.2. The number of nitrogens with zero attached hydrogens (tertiary/aromatic N) is 1. The number of amides is 4. The van der Waals surface area contributed by atoms with Crippen molar-refractivity contribution in [2.45, 2.75) is 0 Å². The monoisotopic (exact) mass is 397 g/mol. The number of aromatic nitrogens is 1. The molecule has 8 nitrogen and oxygen atoms in total. The quantitative estimate of drug-likeness (QED) is 0.528. The van der Waals surface area contributed by atoms with E-state index in [1.807, 2.05) is 0 Å². The molecule has 0 atom stereocenters. The first-order valence-corrected chi connectivity index (χ1v) is 8.59. The van der Waals surface area contributed by atoms with Gasteiger partial charge >= 0.3 is 6.03 Å². The highest BCUT2D eigenvalue weighted by molar-refractivity contribution is 6.35. The maximum atomic E-state index is 12.1. The van der Waals surface area contributed by atoms with Crippen molar-refractivity contribution in [3.63, 3.8) is 0 Å². The molecule has 0 saturated heterocycles. The van der Waals surface area contributed by atoms with Gasteiger partial charge in [0.2, 0.25) is 11.8 Å². The summed E-state index contributed by atoms with van der Waals surface area (Å²) in [6, 6.07) is 12.4. The van der Waals surface area contributed by atoms with Gasteiger partial charge in [-0.05, 0) is 42.5 Å². The van der Waals surface area contributed by atoms with Gasteiger partial charge in [0.25, 0.3) is 0 Å². The number of rotatable bonds is 5. The fourth-order valence-electron chi connectivity index (χ4n) is 2.53. The van der Waals surface area contributed by atoms with E-state index >= 15 is 0 Å². The van der Waals surface area contributed by atoms with Crippen LogP contribution in [0.15, 0.2) is 54.7 Å². The van der Waals surface area contributed by atoms with E-state index in [1.54, 1.807) is 42.6 Å². The minimum absolute atomic E-state index is 0.267. The molecule has 28 heavy (non-hydrogen) atoms. The number of hydrogen-bond donors (Lipinski definition) is 4. The Morgan fingerprint density at radius 1 is 1.04 bits per heavy atom. The maximum absolute atomic E-state index is 12.1. The van der Waals surface area contributed by atoms with Gasteiger partial charge in [-0.25, -0.2) is 4.79 Å². The highest BCUT2D eigenvalue weighted by Crippen LogP contribution is 2.27. The largest absolute Gasteiger partial charge is 0.366 e. The molecule has 0 aliphatic carbocycles. The zero-order chi connectivity index (χ0) is 20.1. The summed E-state index contributed by atoms with van der Waals surface area (Å²) in [4.78, 5) is 39.5. The third-order valence-electron chi connectivity index (χ3n) is 3.81. The molecule has 5 N–H and O–H groups in total. The highest BCUT2D eigenvalue weighted by Gasteiger charge is 2.10. The van der Waals surface area contributed by atoms with Crippen LogP contribution in [0.25, 0.3) is 10.9 Å². The van der Waals surface area contributed by atoms with Crippen molar-refractivity contribution in [2.24, 2.45) is 5.73 Å². The van der Waals surface area contributed by atoms with E-state index in [4.69, 9.17) is 17.3 Å². The van der Waals surface area contributed by atoms with Crippen LogP contribution in [0.5, 0.6) is 0 Å². The van der Waals surface area contributed by atoms with Crippen molar-refractivity contribution < 1.29 is 14.4 Å². The zero-order valence-corrected chi connectivity index (χ0v) is 15.3. The van der Waals surface area contributed by atoms with E-state index in [-0.39, 0.29) is 12.1 Å². The Morgan fingerprint density at radius 2 is 1.86 bits per heavy atom. The van der Waals surface area contributed by atoms with Crippen molar-refractivity contribution in [1.29, 1.82) is 0 Å². The van der Waals surface area contributed by atoms with E-state index in [0.717, 1.165) is 0 Å². The number of nitrogens with two attached hydrogens (primary N) is 1. The van der Waals surface area contributed by atoms with E-state index in [9.17, 15) is 14.4 Å². The molecule has 0 saturated carbocycles. The van der Waals surface area contributed by atoms with E-state index in [0.29, 0.717) is 27.3 Å². The summed E-state index contributed by atoms with van der Waals surface area (Å²) in [5.74, 6) is -1.06. The molecule has 0 aliphatic heterocycles. The van der Waals surface area contributed by atoms with Crippen molar-refractivity contribution in [1.82, 2.24) is 10.3 Å². The average Bonchev–Trinajstić information content (AvgIpc) is 2.69. The first-order chi connectivity index (χ1) is 13.4. The van der Waals surface area contributed by atoms with Gasteiger partial charge < -0.3 is 21.7 Å². The number of pyridine rings is 1. The van der Waals surface area contributed by atoms with E-state index in [1.165, 1.54) is 12.1 Å². The third-order valence-corrected chi connectivity index (χ3v) is 4.11. The molecule has 3 aromatic rings. The van der Waals surface area contributed by atoms with Crippen LogP contribution in [-0.2, 0) is 4.79 Å². The first kappa shape index (κ1) is 19.1. The molecule has 0 fully saturated rings. The predicted octanol–water partition coefficient (Wildman–Crippen LogP) is 2.75. The van der Waals surface area contributed by atoms with Crippen LogP contribution in [0, 0.1) is 0 Å². The van der Waals surface area contributed by atoms with E-state index < -0.39 is 17.8 Å². The lowest BCUT2D eigenvalue weighted by molar-refractivity contribution is -0.115. The number of carbonyl (C=O) groups is 3. The van der Waals surface area contributed by atoms with Gasteiger partial charge in [0.1, 0.15) is 0 Å². The summed E-state index contributed by atoms with van der Waals surface area (Å²) in [5, 5.41) is 8.85. The van der Waals surface area contributed by atoms with Crippen molar-refractivity contribution in [3.05, 3.63) is 65.3 Å². The molecule has 1 aromatic heterocycles. The number of carbonyl (C=O) groups excluding carboxylic acids is 3. The number of anilines is 2. The summed E-state index contributed by atoms with van der Waals surface area (Å²) < 4.78 is 0. The summed E-state index contributed by atoms with van der Waals surface area (Å²) in [6.45, 7) is -0.267. The second kappa shape index (κ2) is 8.36. The number of primary amides is 1. The van der Waals surface area contributed by atoms with Crippen LogP contribution < -0.4 is 21.7 Å². The Morgan fingerprint density at radius 3 is 2.64 bits per heavy atom. The molecular weight excluding hydrogens is 382 g/mol. The van der Waals surface area contributed by atoms with Crippen LogP contribution in [0.2, 0.25) is 5.02 Å². The average molecular weight is 398 g/mol. The van der Waals surface area contributed by atoms with Crippen LogP contribution >= 0.6 is 11.6 Å². The maximum Gasteiger partial charge on any atom is 0.319 e. The molecular formula is C19H16ClN5O3. The standard InChI is InChI=1S/C19H16ClN5O3/c20-14-6-7-15(13-5-2-8-22-17(13)14)25-19(28)23-10-16(26)24-12-4-1-3-11(9-12)18(21)27/h1-9H,10H2,(H2,21,27)(H,24,26)(H2,23,25,28). The van der Waals surface area contributed by atoms with Crippen molar-refractivity contribution in [2.75, 3.05) is 17.2 Å². The topological polar surface area (TPSA) is 126 Å². The minimum Gasteiger partial charge on any atom is -0.366 e. The van der Waals surface area contributed by atoms with Crippen LogP contribution in [-0.4, -0.2) is 29.4 Å². The number of halogens is 1. The molecule has 0 aliphatic rings. The normalized spacial score (nSPS) is 10.3. The molecule has 0 radical (unpaired) electrons. The highest BCUT2D eigenvalue weighted by atomic mass is 35.5. The number of benzene rings is 2. The molecule has 1 heterocycles. The molecule has 0 bridgehead atoms. The van der Waals surface area contributed by atoms with Gasteiger partial charge in [0, 0.05) is 22.8 Å². The number of hydrogen-bond acceptors (Lipinski definition) is 4. The second-order valence-corrected chi connectivity index (χ2v) is 6.20. The van der Waals surface area contributed by atoms with Crippen LogP contribution in [0.1, 0.15) is 10.4 Å². The lowest BCUT2D eigenvalue weighted by Crippen LogP contribution is -2.35. The first-order valence-electron chi connectivity index (χ1n) is 8.22. The van der Waals surface area contributed by atoms with Gasteiger partial charge in [-0.3, -0.25) is 14.6 Å². The van der Waals surface area contributed by atoms with Gasteiger partial charge in [0.15, 0.2) is 0 Å². The van der Waals surface area contributed by atoms with Crippen LogP contribution in [0.3, 0.4) is 0 Å². The van der Waals surface area contributed by atoms with Gasteiger partial charge in [-0.15, -0.1) is 0 Å². The Kier molecular flexibility index (Phi) is 5.71. The van der Waals surface area contributed by atoms with Crippen LogP contribution in [0.4, 0.5) is 16.2 Å². The molecule has 9 heteroatoms. The predicted molar refractivity (Wildman–Crippen MR) is 107 cm³/mol. The van der Waals surface area contributed by atoms with Gasteiger partial charge in [-0.1, -0.05) is 17.7 Å². The Labute approximate surface area is 165 Å². The molecule has 3 rings (SSSR count). The molecule has 142 valence electrons. The second-order valence-electron chi connectivity index (χ2n) is 5.80. The smallest absolute Gasteiger partial charge is 0.319 e. The minimum atomic E-state index is -0.599. The fourth-order valence-corrected chi connectivity index (χ4v) is 2.74. The molecule has 2 aromatic carbocycles. The molecule has 0 unspecified atom stereocenters. The number of urea groups is 1. The van der Waals surface area contributed by atoms with E-state index in [2.05, 4.69) is 20.9 Å². The zero-order valence-electron chi connectivity index (χ0n) is 14.5. The lowest BCUT2D eigenvalue weighted by Gasteiger charge is -2.11. The summed E-state index contributed by atoms with van der Waals surface area (Å²) in [6.07, 6.45) is 1.61. The van der Waals surface area contributed by atoms with Gasteiger partial charge in [0.05, 0.1) is 22.8 Å². The molecule has 0 spiro atoms.